The first kappa shape index (κ1) is 74.5. The maximum Gasteiger partial charge on any atom is 0.220 e. The molecule has 12 atom stereocenters. The number of carbonyl (C=O) groups is 1. The van der Waals surface area contributed by atoms with Crippen LogP contribution in [0.2, 0.25) is 0 Å². The lowest BCUT2D eigenvalue weighted by Crippen LogP contribution is -2.65. The summed E-state index contributed by atoms with van der Waals surface area (Å²) in [7, 11) is 0. The predicted octanol–water partition coefficient (Wildman–Crippen LogP) is 12.3. The zero-order valence-corrected chi connectivity index (χ0v) is 50.8. The summed E-state index contributed by atoms with van der Waals surface area (Å²) in [5.74, 6) is -0.241. The number of amides is 1. The number of aliphatic hydroxyl groups excluding tert-OH is 8. The molecule has 0 aromatic rings. The molecule has 0 spiro atoms. The van der Waals surface area contributed by atoms with E-state index in [0.29, 0.717) is 6.42 Å². The number of ether oxygens (including phenoxy) is 4. The Balaban J connectivity index is 1.70. The quantitative estimate of drug-likeness (QED) is 0.0204. The molecule has 0 aromatic carbocycles. The van der Waals surface area contributed by atoms with Gasteiger partial charge < -0.3 is 65.1 Å². The van der Waals surface area contributed by atoms with Gasteiger partial charge in [-0.3, -0.25) is 4.79 Å². The Hall–Kier alpha value is -2.57. The van der Waals surface area contributed by atoms with Crippen LogP contribution in [0.15, 0.2) is 72.9 Å². The van der Waals surface area contributed by atoms with E-state index in [1.165, 1.54) is 148 Å². The zero-order valence-electron chi connectivity index (χ0n) is 50.8. The number of nitrogens with one attached hydrogen (secondary N) is 1. The molecule has 14 heteroatoms. The fourth-order valence-corrected chi connectivity index (χ4v) is 10.4. The van der Waals surface area contributed by atoms with E-state index in [-0.39, 0.29) is 18.9 Å². The molecule has 470 valence electrons. The van der Waals surface area contributed by atoms with Crippen LogP contribution in [0.5, 0.6) is 0 Å². The van der Waals surface area contributed by atoms with Crippen LogP contribution >= 0.6 is 0 Å². The molecule has 0 bridgehead atoms. The van der Waals surface area contributed by atoms with Gasteiger partial charge in [-0.2, -0.15) is 0 Å². The topological polar surface area (TPSA) is 228 Å². The predicted molar refractivity (Wildman–Crippen MR) is 327 cm³/mol. The molecule has 81 heavy (non-hydrogen) atoms. The number of allylic oxidation sites excluding steroid dienone is 11. The fourth-order valence-electron chi connectivity index (χ4n) is 10.4. The lowest BCUT2D eigenvalue weighted by molar-refractivity contribution is -0.359. The Morgan fingerprint density at radius 2 is 0.852 bits per heavy atom. The summed E-state index contributed by atoms with van der Waals surface area (Å²) in [6.45, 7) is 2.70. The van der Waals surface area contributed by atoms with Crippen molar-refractivity contribution in [3.05, 3.63) is 72.9 Å². The third-order valence-electron chi connectivity index (χ3n) is 15.6. The van der Waals surface area contributed by atoms with E-state index >= 15 is 0 Å². The molecule has 2 aliphatic heterocycles. The van der Waals surface area contributed by atoms with Gasteiger partial charge in [-0.1, -0.05) is 254 Å². The van der Waals surface area contributed by atoms with Crippen molar-refractivity contribution in [2.75, 3.05) is 19.8 Å². The van der Waals surface area contributed by atoms with E-state index in [1.54, 1.807) is 6.08 Å². The highest BCUT2D eigenvalue weighted by Crippen LogP contribution is 2.30. The SMILES string of the molecule is CC/C=C\C/C=C\C/C=C\C/C=C\C/C=C\CCCCCCCCCCCCCCCC(=O)NC(COC1OC(CO)C(OC2OC(CO)C(O)C(O)C2O)C(O)C1O)C(O)/C=C/CCCCCCCCCCCCCCCCCC. The van der Waals surface area contributed by atoms with Crippen molar-refractivity contribution >= 4 is 5.91 Å². The van der Waals surface area contributed by atoms with Gasteiger partial charge in [0.2, 0.25) is 5.91 Å². The molecule has 0 radical (unpaired) electrons. The van der Waals surface area contributed by atoms with Crippen LogP contribution in [0.3, 0.4) is 0 Å². The summed E-state index contributed by atoms with van der Waals surface area (Å²) < 4.78 is 22.8. The molecule has 2 saturated heterocycles. The van der Waals surface area contributed by atoms with Crippen LogP contribution in [-0.4, -0.2) is 140 Å². The van der Waals surface area contributed by atoms with Gasteiger partial charge >= 0.3 is 0 Å². The highest BCUT2D eigenvalue weighted by molar-refractivity contribution is 5.76. The van der Waals surface area contributed by atoms with Crippen LogP contribution in [0.1, 0.15) is 251 Å². The molecule has 2 heterocycles. The average molecular weight is 1150 g/mol. The smallest absolute Gasteiger partial charge is 0.220 e. The highest BCUT2D eigenvalue weighted by atomic mass is 16.7. The molecule has 2 aliphatic rings. The summed E-state index contributed by atoms with van der Waals surface area (Å²) in [5.41, 5.74) is 0. The second-order valence-electron chi connectivity index (χ2n) is 22.9. The van der Waals surface area contributed by atoms with Crippen molar-refractivity contribution in [2.45, 2.75) is 325 Å². The van der Waals surface area contributed by atoms with Gasteiger partial charge in [0, 0.05) is 6.42 Å². The fraction of sp³-hybridized carbons (Fsp3) is 0.806. The number of hydrogen-bond donors (Lipinski definition) is 9. The molecular formula is C67H119NO13. The Morgan fingerprint density at radius 1 is 0.457 bits per heavy atom. The Bertz CT molecular complexity index is 1630. The lowest BCUT2D eigenvalue weighted by Gasteiger charge is -2.46. The summed E-state index contributed by atoms with van der Waals surface area (Å²) in [4.78, 5) is 13.3. The van der Waals surface area contributed by atoms with Crippen molar-refractivity contribution in [2.24, 2.45) is 0 Å². The highest BCUT2D eigenvalue weighted by Gasteiger charge is 2.51. The summed E-state index contributed by atoms with van der Waals surface area (Å²) in [5, 5.41) is 87.3. The van der Waals surface area contributed by atoms with Gasteiger partial charge in [0.25, 0.3) is 0 Å². The van der Waals surface area contributed by atoms with E-state index in [2.05, 4.69) is 79.9 Å². The van der Waals surface area contributed by atoms with E-state index in [4.69, 9.17) is 18.9 Å². The second-order valence-corrected chi connectivity index (χ2v) is 22.9. The Kier molecular flexibility index (Phi) is 47.7. The van der Waals surface area contributed by atoms with Gasteiger partial charge in [0.15, 0.2) is 12.6 Å². The molecule has 1 amide bonds. The molecule has 0 saturated carbocycles. The lowest BCUT2D eigenvalue weighted by atomic mass is 9.97. The molecule has 2 rings (SSSR count). The van der Waals surface area contributed by atoms with Gasteiger partial charge in [0.1, 0.15) is 48.8 Å². The minimum Gasteiger partial charge on any atom is -0.394 e. The van der Waals surface area contributed by atoms with E-state index < -0.39 is 86.8 Å². The number of carbonyl (C=O) groups excluding carboxylic acids is 1. The molecule has 12 unspecified atom stereocenters. The minimum absolute atomic E-state index is 0.241. The number of aliphatic hydroxyl groups is 8. The van der Waals surface area contributed by atoms with Crippen LogP contribution in [0.25, 0.3) is 0 Å². The van der Waals surface area contributed by atoms with Crippen molar-refractivity contribution in [3.8, 4) is 0 Å². The van der Waals surface area contributed by atoms with Crippen molar-refractivity contribution in [1.29, 1.82) is 0 Å². The molecule has 14 nitrogen and oxygen atoms in total. The van der Waals surface area contributed by atoms with Gasteiger partial charge in [-0.05, 0) is 64.2 Å². The van der Waals surface area contributed by atoms with Crippen molar-refractivity contribution in [3.63, 3.8) is 0 Å². The maximum absolute atomic E-state index is 13.3. The van der Waals surface area contributed by atoms with Crippen molar-refractivity contribution < 1.29 is 64.6 Å². The van der Waals surface area contributed by atoms with Gasteiger partial charge in [-0.25, -0.2) is 0 Å². The maximum atomic E-state index is 13.3. The zero-order chi connectivity index (χ0) is 58.8. The molecule has 9 N–H and O–H groups in total. The first-order valence-corrected chi connectivity index (χ1v) is 32.7. The Labute approximate surface area is 491 Å². The molecule has 0 aliphatic carbocycles. The first-order valence-electron chi connectivity index (χ1n) is 32.7. The van der Waals surface area contributed by atoms with E-state index in [0.717, 1.165) is 77.0 Å². The van der Waals surface area contributed by atoms with E-state index in [9.17, 15) is 45.6 Å². The molecular weight excluding hydrogens is 1030 g/mol. The number of unbranched alkanes of at least 4 members (excludes halogenated alkanes) is 29. The number of hydrogen-bond acceptors (Lipinski definition) is 13. The van der Waals surface area contributed by atoms with Crippen LogP contribution in [0.4, 0.5) is 0 Å². The monoisotopic (exact) mass is 1150 g/mol. The van der Waals surface area contributed by atoms with Gasteiger partial charge in [-0.15, -0.1) is 0 Å². The van der Waals surface area contributed by atoms with Crippen LogP contribution in [0, 0.1) is 0 Å². The van der Waals surface area contributed by atoms with Crippen LogP contribution in [-0.2, 0) is 23.7 Å². The average Bonchev–Trinajstić information content (AvgIpc) is 3.47. The van der Waals surface area contributed by atoms with Gasteiger partial charge in [0.05, 0.1) is 32.0 Å². The summed E-state index contributed by atoms with van der Waals surface area (Å²) >= 11 is 0. The molecule has 0 aromatic heterocycles. The minimum atomic E-state index is -1.79. The third-order valence-corrected chi connectivity index (χ3v) is 15.6. The van der Waals surface area contributed by atoms with Crippen molar-refractivity contribution in [1.82, 2.24) is 5.32 Å². The first-order chi connectivity index (χ1) is 39.6. The van der Waals surface area contributed by atoms with Crippen LogP contribution < -0.4 is 5.32 Å². The standard InChI is InChI=1S/C67H119NO13/c1-3-5-7-9-11-13-15-17-19-21-23-24-25-26-27-28-29-30-31-32-33-35-37-39-41-43-45-47-49-51-59(72)68-55(56(71)50-48-46-44-42-40-38-36-34-22-20-18-16-14-12-10-8-6-4-2)54-78-66-64(77)62(75)65(58(53-70)80-66)81-67-63(76)61(74)60(73)57(52-69)79-67/h5,7,11,13,17,19,23-24,26-27,48,50,55-58,60-67,69-71,73-77H,3-4,6,8-10,12,14-16,18,20-22,25,28-47,49,51-54H2,1-2H3,(H,68,72)/b7-5-,13-11-,19-17-,24-23-,27-26-,50-48+. The molecule has 2 fully saturated rings. The Morgan fingerprint density at radius 3 is 1.31 bits per heavy atom. The second kappa shape index (κ2) is 51.8. The largest absolute Gasteiger partial charge is 0.394 e. The summed E-state index contributed by atoms with van der Waals surface area (Å²) in [6.07, 6.45) is 52.2. The third kappa shape index (κ3) is 36.8. The normalized spacial score (nSPS) is 24.6. The number of rotatable bonds is 52. The summed E-state index contributed by atoms with van der Waals surface area (Å²) in [6, 6.07) is -0.919. The van der Waals surface area contributed by atoms with E-state index in [1.807, 2.05) is 6.08 Å².